The van der Waals surface area contributed by atoms with Gasteiger partial charge in [-0.3, -0.25) is 4.79 Å². The molecule has 1 unspecified atom stereocenters. The Bertz CT molecular complexity index is 1370. The Balaban J connectivity index is 0.00000320. The Hall–Kier alpha value is -4.13. The maximum Gasteiger partial charge on any atom is 0.418 e. The van der Waals surface area contributed by atoms with E-state index in [1.165, 1.54) is 12.1 Å². The van der Waals surface area contributed by atoms with Crippen LogP contribution in [0.4, 0.5) is 10.1 Å². The molecule has 1 radical (unpaired) electrons. The Morgan fingerprint density at radius 2 is 1.78 bits per heavy atom. The van der Waals surface area contributed by atoms with Crippen molar-refractivity contribution in [3.63, 3.8) is 0 Å². The highest BCUT2D eigenvalue weighted by atomic mass is 19.1. The van der Waals surface area contributed by atoms with Crippen molar-refractivity contribution in [2.75, 3.05) is 18.1 Å². The highest BCUT2D eigenvalue weighted by Crippen LogP contribution is 2.29. The van der Waals surface area contributed by atoms with Crippen molar-refractivity contribution in [3.8, 4) is 0 Å². The average molecular weight is 485 g/mol. The van der Waals surface area contributed by atoms with E-state index in [2.05, 4.69) is 10.1 Å². The molecule has 3 aromatic rings. The molecule has 6 nitrogen and oxygen atoms in total. The highest BCUT2D eigenvalue weighted by Gasteiger charge is 2.28. The number of amides is 2. The maximum atomic E-state index is 13.2. The van der Waals surface area contributed by atoms with Crippen molar-refractivity contribution in [2.24, 2.45) is 5.10 Å². The number of halogens is 1. The summed E-state index contributed by atoms with van der Waals surface area (Å²) < 4.78 is 13.2. The molecule has 2 aliphatic heterocycles. The van der Waals surface area contributed by atoms with E-state index in [0.29, 0.717) is 29.9 Å². The zero-order chi connectivity index (χ0) is 25.2. The summed E-state index contributed by atoms with van der Waals surface area (Å²) in [5.74, 6) is -0.237. The number of nitrogens with zero attached hydrogens (tertiary/aromatic N) is 3. The minimum atomic E-state index is -0.252. The zero-order valence-corrected chi connectivity index (χ0v) is 20.2. The van der Waals surface area contributed by atoms with E-state index in [-0.39, 0.29) is 25.0 Å². The van der Waals surface area contributed by atoms with Crippen LogP contribution in [0.25, 0.3) is 0 Å². The van der Waals surface area contributed by atoms with Gasteiger partial charge >= 0.3 is 5.91 Å². The Labute approximate surface area is 211 Å². The standard InChI is InChI=1S/C29H26FN4O2.H2/c1-19-3-12-27(20(2)15-19)28(35)32-25-16-31-34(18-25)26-10-6-22(7-11-26)29(36)33-14-13-23(17-33)21-4-8-24(30)9-5-21;/h3-12,15-16,18,23H,13-14,17H2,1-2H3;1H/p+1. The summed E-state index contributed by atoms with van der Waals surface area (Å²) >= 11 is 0. The van der Waals surface area contributed by atoms with Crippen LogP contribution < -0.4 is 10.0 Å². The van der Waals surface area contributed by atoms with Crippen molar-refractivity contribution in [1.82, 2.24) is 4.90 Å². The number of benzene rings is 3. The number of carbonyl (C=O) groups is 2. The Kier molecular flexibility index (Phi) is 6.46. The van der Waals surface area contributed by atoms with E-state index in [4.69, 9.17) is 0 Å². The van der Waals surface area contributed by atoms with Gasteiger partial charge in [0.15, 0.2) is 6.54 Å². The van der Waals surface area contributed by atoms with Gasteiger partial charge in [0.05, 0.1) is 11.3 Å². The lowest BCUT2D eigenvalue weighted by Gasteiger charge is -2.18. The lowest BCUT2D eigenvalue weighted by molar-refractivity contribution is -0.342. The molecule has 1 N–H and O–H groups in total. The lowest BCUT2D eigenvalue weighted by atomic mass is 9.98. The maximum absolute atomic E-state index is 13.2. The number of carbonyl (C=O) groups excluding carboxylic acids is 2. The van der Waals surface area contributed by atoms with Crippen LogP contribution in [0.15, 0.2) is 71.8 Å². The van der Waals surface area contributed by atoms with Crippen LogP contribution >= 0.6 is 0 Å². The number of hydrazone groups is 1. The van der Waals surface area contributed by atoms with Gasteiger partial charge in [-0.25, -0.2) is 14.2 Å². The van der Waals surface area contributed by atoms with E-state index in [0.717, 1.165) is 28.8 Å². The summed E-state index contributed by atoms with van der Waals surface area (Å²) in [6.45, 7) is 6.94. The van der Waals surface area contributed by atoms with Gasteiger partial charge in [-0.15, -0.1) is 0 Å². The number of hydrogen-bond acceptors (Lipinski definition) is 4. The van der Waals surface area contributed by atoms with Crippen LogP contribution in [-0.2, 0) is 0 Å². The van der Waals surface area contributed by atoms with Crippen molar-refractivity contribution >= 4 is 29.4 Å². The molecule has 2 aliphatic rings. The largest absolute Gasteiger partial charge is 0.418 e. The first-order chi connectivity index (χ1) is 17.4. The molecule has 1 atom stereocenters. The SMILES string of the molecule is Cc1ccc(C(=O)[NH+]=C2[CH]N(c3ccc(C(=O)N4CCC(c5ccc(F)cc5)C4)cc3)N=C2)c(C)c1.[HH]. The van der Waals surface area contributed by atoms with Crippen LogP contribution in [0.5, 0.6) is 0 Å². The van der Waals surface area contributed by atoms with Gasteiger partial charge < -0.3 is 4.90 Å². The topological polar surface area (TPSA) is 67.0 Å². The van der Waals surface area contributed by atoms with E-state index in [9.17, 15) is 14.0 Å². The number of nitrogens with one attached hydrogen (secondary N) is 1. The first-order valence-electron chi connectivity index (χ1n) is 12.0. The first-order valence-corrected chi connectivity index (χ1v) is 12.0. The molecule has 0 bridgehead atoms. The van der Waals surface area contributed by atoms with Crippen LogP contribution in [0.2, 0.25) is 0 Å². The summed E-state index contributed by atoms with van der Waals surface area (Å²) in [6.07, 6.45) is 2.46. The highest BCUT2D eigenvalue weighted by molar-refractivity contribution is 6.35. The second-order valence-corrected chi connectivity index (χ2v) is 9.28. The smallest absolute Gasteiger partial charge is 0.338 e. The summed E-state index contributed by atoms with van der Waals surface area (Å²) in [6, 6.07) is 19.5. The molecule has 0 aromatic heterocycles. The normalized spacial score (nSPS) is 18.3. The fraction of sp³-hybridized carbons (Fsp3) is 0.207. The summed E-state index contributed by atoms with van der Waals surface area (Å²) in [4.78, 5) is 30.4. The van der Waals surface area contributed by atoms with E-state index in [1.807, 2.05) is 49.1 Å². The van der Waals surface area contributed by atoms with Gasteiger partial charge in [-0.2, -0.15) is 10.1 Å². The third kappa shape index (κ3) is 4.96. The number of anilines is 1. The van der Waals surface area contributed by atoms with Gasteiger partial charge in [0.25, 0.3) is 5.91 Å². The molecular formula is C29H29FN4O2+. The second kappa shape index (κ2) is 9.85. The third-order valence-electron chi connectivity index (χ3n) is 6.66. The lowest BCUT2D eigenvalue weighted by Crippen LogP contribution is -2.77. The molecule has 0 aliphatic carbocycles. The molecule has 1 saturated heterocycles. The van der Waals surface area contributed by atoms with Crippen molar-refractivity contribution in [2.45, 2.75) is 26.2 Å². The number of likely N-dealkylation sites (tertiary alicyclic amines) is 1. The molecule has 2 heterocycles. The minimum Gasteiger partial charge on any atom is -0.338 e. The van der Waals surface area contributed by atoms with E-state index < -0.39 is 0 Å². The molecule has 36 heavy (non-hydrogen) atoms. The van der Waals surface area contributed by atoms with E-state index in [1.54, 1.807) is 42.0 Å². The fourth-order valence-electron chi connectivity index (χ4n) is 4.69. The second-order valence-electron chi connectivity index (χ2n) is 9.28. The number of hydrogen-bond donors (Lipinski definition) is 1. The quantitative estimate of drug-likeness (QED) is 0.615. The summed E-state index contributed by atoms with van der Waals surface area (Å²) in [5, 5.41) is 6.01. The van der Waals surface area contributed by atoms with Gasteiger partial charge in [0.1, 0.15) is 12.0 Å². The summed E-state index contributed by atoms with van der Waals surface area (Å²) in [7, 11) is 0. The monoisotopic (exact) mass is 484 g/mol. The number of aryl methyl sites for hydroxylation is 2. The molecule has 183 valence electrons. The minimum absolute atomic E-state index is 0. The predicted octanol–water partition coefficient (Wildman–Crippen LogP) is 3.65. The van der Waals surface area contributed by atoms with Crippen LogP contribution in [-0.4, -0.2) is 41.7 Å². The van der Waals surface area contributed by atoms with Crippen LogP contribution in [0.1, 0.15) is 51.2 Å². The van der Waals surface area contributed by atoms with Gasteiger partial charge in [-0.1, -0.05) is 29.8 Å². The average Bonchev–Trinajstić information content (AvgIpc) is 3.54. The summed E-state index contributed by atoms with van der Waals surface area (Å²) in [5.41, 5.74) is 5.68. The van der Waals surface area contributed by atoms with Crippen molar-refractivity contribution < 1.29 is 20.4 Å². The van der Waals surface area contributed by atoms with Crippen LogP contribution in [0.3, 0.4) is 0 Å². The molecule has 1 fully saturated rings. The molecular weight excluding hydrogens is 455 g/mol. The number of rotatable bonds is 4. The molecule has 3 aromatic carbocycles. The Morgan fingerprint density at radius 1 is 1.03 bits per heavy atom. The molecule has 0 spiro atoms. The zero-order valence-electron chi connectivity index (χ0n) is 20.2. The predicted molar refractivity (Wildman–Crippen MR) is 140 cm³/mol. The van der Waals surface area contributed by atoms with E-state index >= 15 is 0 Å². The fourth-order valence-corrected chi connectivity index (χ4v) is 4.69. The first kappa shape index (κ1) is 23.6. The van der Waals surface area contributed by atoms with Gasteiger partial charge in [0, 0.05) is 26.0 Å². The van der Waals surface area contributed by atoms with Crippen LogP contribution in [0, 0.1) is 26.2 Å². The molecule has 5 rings (SSSR count). The molecule has 2 amide bonds. The third-order valence-corrected chi connectivity index (χ3v) is 6.66. The molecule has 7 heteroatoms. The van der Waals surface area contributed by atoms with Gasteiger partial charge in [-0.05, 0) is 73.9 Å². The van der Waals surface area contributed by atoms with Crippen molar-refractivity contribution in [1.29, 1.82) is 0 Å². The van der Waals surface area contributed by atoms with Gasteiger partial charge in [0.2, 0.25) is 5.71 Å². The van der Waals surface area contributed by atoms with Crippen molar-refractivity contribution in [3.05, 3.63) is 107 Å². The Morgan fingerprint density at radius 3 is 2.50 bits per heavy atom. The molecule has 0 saturated carbocycles.